The van der Waals surface area contributed by atoms with Crippen molar-refractivity contribution in [2.75, 3.05) is 25.1 Å². The minimum atomic E-state index is -0.521. The van der Waals surface area contributed by atoms with Gasteiger partial charge in [0.2, 0.25) is 0 Å². The number of nitro benzene ring substituents is 1. The highest BCUT2D eigenvalue weighted by Crippen LogP contribution is 2.33. The van der Waals surface area contributed by atoms with Crippen LogP contribution in [0.1, 0.15) is 26.3 Å². The lowest BCUT2D eigenvalue weighted by Crippen LogP contribution is -2.35. The maximum atomic E-state index is 13.2. The van der Waals surface area contributed by atoms with Crippen molar-refractivity contribution in [1.29, 1.82) is 0 Å². The van der Waals surface area contributed by atoms with E-state index in [9.17, 15) is 19.7 Å². The van der Waals surface area contributed by atoms with Gasteiger partial charge >= 0.3 is 0 Å². The van der Waals surface area contributed by atoms with Gasteiger partial charge in [0.15, 0.2) is 0 Å². The molecule has 1 aliphatic heterocycles. The van der Waals surface area contributed by atoms with Gasteiger partial charge < -0.3 is 14.8 Å². The lowest BCUT2D eigenvalue weighted by Gasteiger charge is -2.17. The first-order valence-corrected chi connectivity index (χ1v) is 10.3. The molecule has 168 valence electrons. The van der Waals surface area contributed by atoms with Crippen LogP contribution in [0.2, 0.25) is 0 Å². The van der Waals surface area contributed by atoms with Crippen molar-refractivity contribution in [2.45, 2.75) is 26.9 Å². The number of carbonyl (C=O) groups is 2. The molecule has 9 heteroatoms. The second-order valence-electron chi connectivity index (χ2n) is 7.29. The van der Waals surface area contributed by atoms with E-state index >= 15 is 0 Å². The third-order valence-corrected chi connectivity index (χ3v) is 4.75. The van der Waals surface area contributed by atoms with Crippen LogP contribution in [-0.2, 0) is 14.3 Å². The third-order valence-electron chi connectivity index (χ3n) is 4.75. The number of ether oxygens (including phenoxy) is 2. The number of nitrogens with zero attached hydrogens (tertiary/aromatic N) is 2. The second-order valence-corrected chi connectivity index (χ2v) is 7.29. The maximum Gasteiger partial charge on any atom is 0.278 e. The van der Waals surface area contributed by atoms with Crippen molar-refractivity contribution >= 4 is 28.8 Å². The van der Waals surface area contributed by atoms with Crippen molar-refractivity contribution in [3.05, 3.63) is 69.9 Å². The number of nitro groups is 1. The summed E-state index contributed by atoms with van der Waals surface area (Å²) in [6.45, 7) is 6.30. The summed E-state index contributed by atoms with van der Waals surface area (Å²) in [4.78, 5) is 38.0. The molecule has 0 bridgehead atoms. The summed E-state index contributed by atoms with van der Waals surface area (Å²) >= 11 is 0. The molecule has 2 aromatic carbocycles. The molecule has 1 heterocycles. The van der Waals surface area contributed by atoms with Crippen LogP contribution in [0.15, 0.2) is 54.2 Å². The van der Waals surface area contributed by atoms with Gasteiger partial charge in [-0.3, -0.25) is 24.6 Å². The highest BCUT2D eigenvalue weighted by molar-refractivity contribution is 6.36. The fourth-order valence-corrected chi connectivity index (χ4v) is 3.28. The average Bonchev–Trinajstić information content (AvgIpc) is 2.99. The quantitative estimate of drug-likeness (QED) is 0.342. The van der Waals surface area contributed by atoms with Crippen LogP contribution in [0.25, 0.3) is 5.57 Å². The zero-order chi connectivity index (χ0) is 23.3. The van der Waals surface area contributed by atoms with Crippen LogP contribution in [0.3, 0.4) is 0 Å². The van der Waals surface area contributed by atoms with E-state index in [1.54, 1.807) is 24.3 Å². The minimum absolute atomic E-state index is 0.0411. The summed E-state index contributed by atoms with van der Waals surface area (Å²) in [5, 5.41) is 14.1. The predicted octanol–water partition coefficient (Wildman–Crippen LogP) is 3.61. The Bertz CT molecular complexity index is 1050. The van der Waals surface area contributed by atoms with Crippen LogP contribution < -0.4 is 10.1 Å². The van der Waals surface area contributed by atoms with Crippen LogP contribution in [0, 0.1) is 10.1 Å². The largest absolute Gasteiger partial charge is 0.492 e. The van der Waals surface area contributed by atoms with Gasteiger partial charge in [-0.05, 0) is 50.6 Å². The number of carbonyl (C=O) groups excluding carboxylic acids is 2. The Kier molecular flexibility index (Phi) is 7.21. The van der Waals surface area contributed by atoms with Gasteiger partial charge in [0.05, 0.1) is 42.0 Å². The summed E-state index contributed by atoms with van der Waals surface area (Å²) < 4.78 is 11.1. The Morgan fingerprint density at radius 1 is 1.06 bits per heavy atom. The van der Waals surface area contributed by atoms with E-state index in [0.717, 1.165) is 4.90 Å². The molecule has 0 spiro atoms. The van der Waals surface area contributed by atoms with Crippen LogP contribution in [0.5, 0.6) is 5.75 Å². The van der Waals surface area contributed by atoms with Gasteiger partial charge in [0, 0.05) is 12.1 Å². The zero-order valence-electron chi connectivity index (χ0n) is 18.2. The molecule has 0 saturated heterocycles. The third kappa shape index (κ3) is 4.94. The Morgan fingerprint density at radius 3 is 2.38 bits per heavy atom. The SMILES string of the molecule is CCOc1ccccc1NC1=C(c2ccc([N+](=O)[O-])cc2)C(=O)N(CCOC(C)C)C1=O. The van der Waals surface area contributed by atoms with E-state index in [2.05, 4.69) is 5.32 Å². The van der Waals surface area contributed by atoms with Gasteiger partial charge in [0.1, 0.15) is 11.4 Å². The summed E-state index contributed by atoms with van der Waals surface area (Å²) in [5.41, 5.74) is 1.05. The molecule has 0 fully saturated rings. The average molecular weight is 439 g/mol. The molecule has 0 saturated carbocycles. The number of anilines is 1. The first-order chi connectivity index (χ1) is 15.3. The maximum absolute atomic E-state index is 13.2. The Labute approximate surface area is 185 Å². The van der Waals surface area contributed by atoms with E-state index in [-0.39, 0.29) is 36.2 Å². The van der Waals surface area contributed by atoms with Gasteiger partial charge in [-0.2, -0.15) is 0 Å². The van der Waals surface area contributed by atoms with Crippen molar-refractivity contribution in [3.8, 4) is 5.75 Å². The van der Waals surface area contributed by atoms with Gasteiger partial charge in [-0.15, -0.1) is 0 Å². The molecule has 32 heavy (non-hydrogen) atoms. The Hall–Kier alpha value is -3.72. The summed E-state index contributed by atoms with van der Waals surface area (Å²) in [6, 6.07) is 12.6. The highest BCUT2D eigenvalue weighted by atomic mass is 16.6. The molecular formula is C23H25N3O6. The fourth-order valence-electron chi connectivity index (χ4n) is 3.28. The molecule has 2 aromatic rings. The summed E-state index contributed by atoms with van der Waals surface area (Å²) in [7, 11) is 0. The molecule has 0 radical (unpaired) electrons. The molecule has 0 atom stereocenters. The number of benzene rings is 2. The highest BCUT2D eigenvalue weighted by Gasteiger charge is 2.39. The predicted molar refractivity (Wildman–Crippen MR) is 119 cm³/mol. The number of nitrogens with one attached hydrogen (secondary N) is 1. The first kappa shape index (κ1) is 23.0. The van der Waals surface area contributed by atoms with Gasteiger partial charge in [-0.25, -0.2) is 0 Å². The zero-order valence-corrected chi connectivity index (χ0v) is 18.2. The molecule has 1 aliphatic rings. The number of hydrogen-bond acceptors (Lipinski definition) is 7. The van der Waals surface area contributed by atoms with Crippen molar-refractivity contribution in [3.63, 3.8) is 0 Å². The van der Waals surface area contributed by atoms with Gasteiger partial charge in [-0.1, -0.05) is 12.1 Å². The lowest BCUT2D eigenvalue weighted by atomic mass is 10.0. The topological polar surface area (TPSA) is 111 Å². The van der Waals surface area contributed by atoms with E-state index < -0.39 is 16.7 Å². The number of para-hydroxylation sites is 2. The summed E-state index contributed by atoms with van der Waals surface area (Å²) in [6.07, 6.45) is -0.0411. The Morgan fingerprint density at radius 2 is 1.75 bits per heavy atom. The molecule has 0 aliphatic carbocycles. The number of rotatable bonds is 10. The second kappa shape index (κ2) is 10.1. The van der Waals surface area contributed by atoms with E-state index in [1.807, 2.05) is 20.8 Å². The van der Waals surface area contributed by atoms with Gasteiger partial charge in [0.25, 0.3) is 17.5 Å². The van der Waals surface area contributed by atoms with Crippen molar-refractivity contribution in [1.82, 2.24) is 4.90 Å². The lowest BCUT2D eigenvalue weighted by molar-refractivity contribution is -0.384. The molecule has 0 unspecified atom stereocenters. The fraction of sp³-hybridized carbons (Fsp3) is 0.304. The standard InChI is InChI=1S/C23H25N3O6/c1-4-31-19-8-6-5-7-18(19)24-21-20(16-9-11-17(12-10-16)26(29)30)22(27)25(23(21)28)13-14-32-15(2)3/h5-12,15,24H,4,13-14H2,1-3H3. The smallest absolute Gasteiger partial charge is 0.278 e. The van der Waals surface area contributed by atoms with Crippen molar-refractivity contribution in [2.24, 2.45) is 0 Å². The number of hydrogen-bond donors (Lipinski definition) is 1. The summed E-state index contributed by atoms with van der Waals surface area (Å²) in [5.74, 6) is -0.456. The van der Waals surface area contributed by atoms with E-state index in [0.29, 0.717) is 23.6 Å². The first-order valence-electron chi connectivity index (χ1n) is 10.3. The number of amides is 2. The molecular weight excluding hydrogens is 414 g/mol. The van der Waals surface area contributed by atoms with E-state index in [1.165, 1.54) is 24.3 Å². The van der Waals surface area contributed by atoms with Crippen LogP contribution >= 0.6 is 0 Å². The molecule has 3 rings (SSSR count). The number of imide groups is 1. The van der Waals surface area contributed by atoms with Crippen LogP contribution in [-0.4, -0.2) is 47.5 Å². The normalized spacial score (nSPS) is 13.8. The Balaban J connectivity index is 2.00. The van der Waals surface area contributed by atoms with Crippen LogP contribution in [0.4, 0.5) is 11.4 Å². The molecule has 9 nitrogen and oxygen atoms in total. The molecule has 1 N–H and O–H groups in total. The van der Waals surface area contributed by atoms with Crippen molar-refractivity contribution < 1.29 is 24.0 Å². The van der Waals surface area contributed by atoms with E-state index in [4.69, 9.17) is 9.47 Å². The molecule has 2 amide bonds. The molecule has 0 aromatic heterocycles. The minimum Gasteiger partial charge on any atom is -0.492 e. The monoisotopic (exact) mass is 439 g/mol. The number of non-ortho nitro benzene ring substituents is 1.